The molecule has 8 heteroatoms. The number of carboxylic acids is 1. The molecule has 122 valence electrons. The number of hydrogen-bond acceptors (Lipinski definition) is 4. The Bertz CT molecular complexity index is 894. The van der Waals surface area contributed by atoms with Gasteiger partial charge in [0, 0.05) is 30.5 Å². The second-order valence-corrected chi connectivity index (χ2v) is 5.45. The Morgan fingerprint density at radius 2 is 2.08 bits per heavy atom. The van der Waals surface area contributed by atoms with Crippen molar-refractivity contribution in [3.63, 3.8) is 0 Å². The lowest BCUT2D eigenvalue weighted by molar-refractivity contribution is 0.0691. The fraction of sp³-hybridized carbons (Fsp3) is 0.250. The molecule has 1 aliphatic rings. The minimum Gasteiger partial charge on any atom is -0.478 e. The van der Waals surface area contributed by atoms with E-state index in [0.29, 0.717) is 22.6 Å². The second-order valence-electron chi connectivity index (χ2n) is 5.45. The van der Waals surface area contributed by atoms with Crippen molar-refractivity contribution in [2.45, 2.75) is 20.0 Å². The summed E-state index contributed by atoms with van der Waals surface area (Å²) in [6, 6.07) is 5.47. The lowest BCUT2D eigenvalue weighted by Crippen LogP contribution is -2.37. The van der Waals surface area contributed by atoms with Gasteiger partial charge in [-0.25, -0.2) is 9.59 Å². The smallest absolute Gasteiger partial charge is 0.407 e. The number of aromatic carboxylic acids is 1. The standard InChI is InChI=1S/C16H14N4O4/c1-9-10(3-2-4-18-9)14-11(7-17)13(15(21)22)12-8-19(16(23)24)5-6-20(12)14/h2-4H,5-6,8H2,1H3,(H,21,22)(H,23,24). The van der Waals surface area contributed by atoms with Gasteiger partial charge >= 0.3 is 12.1 Å². The van der Waals surface area contributed by atoms with Crippen molar-refractivity contribution in [2.75, 3.05) is 6.54 Å². The third kappa shape index (κ3) is 2.27. The number of pyridine rings is 1. The maximum atomic E-state index is 11.7. The molecule has 0 radical (unpaired) electrons. The largest absolute Gasteiger partial charge is 0.478 e. The zero-order valence-electron chi connectivity index (χ0n) is 12.9. The average molecular weight is 326 g/mol. The summed E-state index contributed by atoms with van der Waals surface area (Å²) in [6.45, 7) is 2.23. The van der Waals surface area contributed by atoms with Crippen molar-refractivity contribution in [3.05, 3.63) is 40.8 Å². The fourth-order valence-corrected chi connectivity index (χ4v) is 3.08. The van der Waals surface area contributed by atoms with Gasteiger partial charge in [0.2, 0.25) is 0 Å². The third-order valence-electron chi connectivity index (χ3n) is 4.16. The van der Waals surface area contributed by atoms with Crippen LogP contribution in [0.25, 0.3) is 11.3 Å². The van der Waals surface area contributed by atoms with Gasteiger partial charge in [0.15, 0.2) is 0 Å². The molecule has 0 unspecified atom stereocenters. The average Bonchev–Trinajstić information content (AvgIpc) is 2.88. The normalized spacial score (nSPS) is 13.2. The summed E-state index contributed by atoms with van der Waals surface area (Å²) in [5.41, 5.74) is 2.06. The van der Waals surface area contributed by atoms with Crippen molar-refractivity contribution < 1.29 is 19.8 Å². The minimum absolute atomic E-state index is 0.0424. The molecule has 2 aromatic rings. The van der Waals surface area contributed by atoms with E-state index in [2.05, 4.69) is 4.98 Å². The van der Waals surface area contributed by atoms with E-state index < -0.39 is 12.1 Å². The van der Waals surface area contributed by atoms with Crippen LogP contribution in [0.4, 0.5) is 4.79 Å². The first kappa shape index (κ1) is 15.6. The molecule has 3 heterocycles. The highest BCUT2D eigenvalue weighted by atomic mass is 16.4. The first-order valence-corrected chi connectivity index (χ1v) is 7.24. The van der Waals surface area contributed by atoms with Crippen molar-refractivity contribution in [1.82, 2.24) is 14.5 Å². The van der Waals surface area contributed by atoms with Crippen molar-refractivity contribution in [3.8, 4) is 17.3 Å². The number of hydrogen-bond donors (Lipinski definition) is 2. The highest BCUT2D eigenvalue weighted by molar-refractivity contribution is 5.96. The summed E-state index contributed by atoms with van der Waals surface area (Å²) < 4.78 is 1.73. The van der Waals surface area contributed by atoms with E-state index in [9.17, 15) is 25.1 Å². The molecule has 2 N–H and O–H groups in total. The Kier molecular flexibility index (Phi) is 3.69. The number of carboxylic acid groups (broad SMARTS) is 2. The number of amides is 1. The Morgan fingerprint density at radius 3 is 2.67 bits per heavy atom. The van der Waals surface area contributed by atoms with Gasteiger partial charge in [0.05, 0.1) is 23.5 Å². The molecule has 0 aromatic carbocycles. The number of nitriles is 1. The van der Waals surface area contributed by atoms with Crippen LogP contribution >= 0.6 is 0 Å². The number of rotatable bonds is 2. The minimum atomic E-state index is -1.24. The predicted octanol–water partition coefficient (Wildman–Crippen LogP) is 1.92. The van der Waals surface area contributed by atoms with Crippen molar-refractivity contribution >= 4 is 12.1 Å². The summed E-state index contributed by atoms with van der Waals surface area (Å²) in [6.07, 6.45) is 0.506. The molecule has 0 fully saturated rings. The fourth-order valence-electron chi connectivity index (χ4n) is 3.08. The highest BCUT2D eigenvalue weighted by Gasteiger charge is 2.33. The summed E-state index contributed by atoms with van der Waals surface area (Å²) in [5, 5.41) is 28.3. The Labute approximate surface area is 137 Å². The van der Waals surface area contributed by atoms with Gasteiger partial charge < -0.3 is 19.7 Å². The van der Waals surface area contributed by atoms with E-state index in [1.54, 1.807) is 29.8 Å². The van der Waals surface area contributed by atoms with E-state index in [-0.39, 0.29) is 30.8 Å². The molecule has 8 nitrogen and oxygen atoms in total. The number of fused-ring (bicyclic) bond motifs is 1. The van der Waals surface area contributed by atoms with E-state index in [0.717, 1.165) is 4.90 Å². The van der Waals surface area contributed by atoms with E-state index in [1.165, 1.54) is 0 Å². The second kappa shape index (κ2) is 5.70. The Morgan fingerprint density at radius 1 is 1.33 bits per heavy atom. The Balaban J connectivity index is 2.31. The lowest BCUT2D eigenvalue weighted by Gasteiger charge is -2.27. The summed E-state index contributed by atoms with van der Waals surface area (Å²) in [7, 11) is 0. The SMILES string of the molecule is Cc1ncccc1-c1c(C#N)c(C(=O)O)c2n1CCN(C(=O)O)C2. The molecular weight excluding hydrogens is 312 g/mol. The van der Waals surface area contributed by atoms with E-state index in [1.807, 2.05) is 6.07 Å². The first-order chi connectivity index (χ1) is 11.5. The molecule has 0 spiro atoms. The van der Waals surface area contributed by atoms with Gasteiger partial charge in [-0.05, 0) is 19.1 Å². The molecule has 1 aliphatic heterocycles. The molecule has 24 heavy (non-hydrogen) atoms. The molecular formula is C16H14N4O4. The maximum Gasteiger partial charge on any atom is 0.407 e. The molecule has 0 aliphatic carbocycles. The number of aromatic nitrogens is 2. The molecule has 0 atom stereocenters. The number of nitrogens with zero attached hydrogens (tertiary/aromatic N) is 4. The summed E-state index contributed by atoms with van der Waals surface area (Å²) >= 11 is 0. The van der Waals surface area contributed by atoms with Crippen LogP contribution in [0.2, 0.25) is 0 Å². The quantitative estimate of drug-likeness (QED) is 0.870. The maximum absolute atomic E-state index is 11.7. The van der Waals surface area contributed by atoms with Gasteiger partial charge in [-0.3, -0.25) is 4.98 Å². The van der Waals surface area contributed by atoms with Gasteiger partial charge in [-0.15, -0.1) is 0 Å². The van der Waals surface area contributed by atoms with Crippen LogP contribution in [0.3, 0.4) is 0 Å². The predicted molar refractivity (Wildman–Crippen MR) is 82.5 cm³/mol. The summed E-state index contributed by atoms with van der Waals surface area (Å²) in [4.78, 5) is 28.3. The molecule has 0 bridgehead atoms. The van der Waals surface area contributed by atoms with Gasteiger partial charge in [-0.1, -0.05) is 0 Å². The van der Waals surface area contributed by atoms with Crippen LogP contribution in [0.5, 0.6) is 0 Å². The number of carbonyl (C=O) groups is 2. The van der Waals surface area contributed by atoms with Crippen LogP contribution in [-0.2, 0) is 13.1 Å². The Hall–Kier alpha value is -3.34. The third-order valence-corrected chi connectivity index (χ3v) is 4.16. The highest BCUT2D eigenvalue weighted by Crippen LogP contribution is 2.35. The van der Waals surface area contributed by atoms with Crippen LogP contribution in [0.15, 0.2) is 18.3 Å². The first-order valence-electron chi connectivity index (χ1n) is 7.24. The van der Waals surface area contributed by atoms with Crippen LogP contribution < -0.4 is 0 Å². The monoisotopic (exact) mass is 326 g/mol. The van der Waals surface area contributed by atoms with Crippen LogP contribution in [0.1, 0.15) is 27.3 Å². The topological polar surface area (TPSA) is 119 Å². The number of aryl methyl sites for hydroxylation is 1. The molecule has 0 saturated carbocycles. The summed E-state index contributed by atoms with van der Waals surface area (Å²) in [5.74, 6) is -1.24. The molecule has 1 amide bonds. The van der Waals surface area contributed by atoms with Crippen LogP contribution in [0, 0.1) is 18.3 Å². The lowest BCUT2D eigenvalue weighted by atomic mass is 10.0. The molecule has 3 rings (SSSR count). The van der Waals surface area contributed by atoms with Gasteiger partial charge in [0.1, 0.15) is 11.6 Å². The van der Waals surface area contributed by atoms with Crippen molar-refractivity contribution in [1.29, 1.82) is 5.26 Å². The van der Waals surface area contributed by atoms with E-state index >= 15 is 0 Å². The zero-order chi connectivity index (χ0) is 17.4. The van der Waals surface area contributed by atoms with Gasteiger partial charge in [0.25, 0.3) is 0 Å². The molecule has 0 saturated heterocycles. The zero-order valence-corrected chi connectivity index (χ0v) is 12.9. The van der Waals surface area contributed by atoms with Crippen LogP contribution in [-0.4, -0.2) is 43.3 Å². The molecule has 2 aromatic heterocycles. The van der Waals surface area contributed by atoms with E-state index in [4.69, 9.17) is 0 Å². The van der Waals surface area contributed by atoms with Gasteiger partial charge in [-0.2, -0.15) is 5.26 Å². The van der Waals surface area contributed by atoms with Crippen molar-refractivity contribution in [2.24, 2.45) is 0 Å².